The zero-order valence-electron chi connectivity index (χ0n) is 29.4. The van der Waals surface area contributed by atoms with Crippen LogP contribution in [0, 0.1) is 0 Å². The van der Waals surface area contributed by atoms with Gasteiger partial charge in [-0.2, -0.15) is 0 Å². The van der Waals surface area contributed by atoms with Crippen LogP contribution in [0.1, 0.15) is 0 Å². The molecule has 10 aromatic carbocycles. The molecule has 0 radical (unpaired) electrons. The van der Waals surface area contributed by atoms with E-state index in [1.54, 1.807) is 0 Å². The first-order chi connectivity index (χ1) is 26.8. The molecule has 252 valence electrons. The van der Waals surface area contributed by atoms with E-state index in [1.165, 1.54) is 91.2 Å². The van der Waals surface area contributed by atoms with Gasteiger partial charge in [-0.25, -0.2) is 0 Å². The molecule has 1 heterocycles. The molecule has 0 atom stereocenters. The molecular weight excluding hydrogens is 671 g/mol. The van der Waals surface area contributed by atoms with Gasteiger partial charge in [0.05, 0.1) is 11.4 Å². The van der Waals surface area contributed by atoms with Crippen molar-refractivity contribution in [3.05, 3.63) is 200 Å². The van der Waals surface area contributed by atoms with E-state index in [1.807, 2.05) is 11.3 Å². The van der Waals surface area contributed by atoms with Crippen LogP contribution in [0.15, 0.2) is 200 Å². The summed E-state index contributed by atoms with van der Waals surface area (Å²) < 4.78 is 2.63. The van der Waals surface area contributed by atoms with E-state index >= 15 is 0 Å². The lowest BCUT2D eigenvalue weighted by Crippen LogP contribution is -2.11. The Morgan fingerprint density at radius 3 is 1.83 bits per heavy atom. The Hall–Kier alpha value is -6.74. The Labute approximate surface area is 317 Å². The van der Waals surface area contributed by atoms with Crippen molar-refractivity contribution in [2.45, 2.75) is 0 Å². The van der Waals surface area contributed by atoms with E-state index in [2.05, 4.69) is 205 Å². The summed E-state index contributed by atoms with van der Waals surface area (Å²) in [5, 5.41) is 12.8. The number of hydrogen-bond acceptors (Lipinski definition) is 2. The monoisotopic (exact) mass is 703 g/mol. The molecule has 0 N–H and O–H groups in total. The molecule has 0 saturated carbocycles. The highest BCUT2D eigenvalue weighted by Crippen LogP contribution is 2.48. The fourth-order valence-electron chi connectivity index (χ4n) is 8.57. The molecule has 1 nitrogen and oxygen atoms in total. The minimum atomic E-state index is 1.11. The van der Waals surface area contributed by atoms with Gasteiger partial charge < -0.3 is 4.90 Å². The van der Waals surface area contributed by atoms with Gasteiger partial charge in [0, 0.05) is 36.8 Å². The summed E-state index contributed by atoms with van der Waals surface area (Å²) in [5.41, 5.74) is 8.25. The zero-order valence-corrected chi connectivity index (χ0v) is 30.2. The highest BCUT2D eigenvalue weighted by atomic mass is 32.1. The van der Waals surface area contributed by atoms with E-state index in [9.17, 15) is 0 Å². The van der Waals surface area contributed by atoms with Crippen molar-refractivity contribution in [2.75, 3.05) is 4.90 Å². The third-order valence-corrected chi connectivity index (χ3v) is 12.2. The molecule has 0 aliphatic rings. The molecule has 54 heavy (non-hydrogen) atoms. The van der Waals surface area contributed by atoms with Crippen LogP contribution in [0.2, 0.25) is 0 Å². The summed E-state index contributed by atoms with van der Waals surface area (Å²) in [4.78, 5) is 2.48. The average molecular weight is 704 g/mol. The summed E-state index contributed by atoms with van der Waals surface area (Å²) in [7, 11) is 0. The number of nitrogens with zero attached hydrogens (tertiary/aromatic N) is 1. The summed E-state index contributed by atoms with van der Waals surface area (Å²) >= 11 is 1.89. The standard InChI is InChI=1S/C52H33NS/c1-2-13-34(14-3-1)40-17-8-10-22-47(40)53(48-23-12-16-37-29-32-45-43-20-9-11-24-49(43)54-52(45)51(37)48)39-30-27-36(28-31-39)46-33-38-26-25-35-15-4-5-18-41(35)50(38)44-21-7-6-19-42(44)46/h1-33H. The molecule has 0 aliphatic heterocycles. The second-order valence-corrected chi connectivity index (χ2v) is 15.1. The highest BCUT2D eigenvalue weighted by Gasteiger charge is 2.22. The second kappa shape index (κ2) is 12.4. The van der Waals surface area contributed by atoms with Crippen molar-refractivity contribution in [3.63, 3.8) is 0 Å². The van der Waals surface area contributed by atoms with Crippen molar-refractivity contribution in [3.8, 4) is 22.3 Å². The number of thiophene rings is 1. The van der Waals surface area contributed by atoms with Gasteiger partial charge in [-0.3, -0.25) is 0 Å². The van der Waals surface area contributed by atoms with Crippen molar-refractivity contribution in [2.24, 2.45) is 0 Å². The quantitative estimate of drug-likeness (QED) is 0.161. The Morgan fingerprint density at radius 1 is 0.333 bits per heavy atom. The van der Waals surface area contributed by atoms with E-state index in [0.717, 1.165) is 11.4 Å². The fourth-order valence-corrected chi connectivity index (χ4v) is 9.83. The zero-order chi connectivity index (χ0) is 35.6. The van der Waals surface area contributed by atoms with Crippen LogP contribution in [0.5, 0.6) is 0 Å². The summed E-state index contributed by atoms with van der Waals surface area (Å²) in [6.07, 6.45) is 0. The summed E-state index contributed by atoms with van der Waals surface area (Å²) in [6.45, 7) is 0. The molecule has 0 unspecified atom stereocenters. The van der Waals surface area contributed by atoms with Crippen molar-refractivity contribution in [1.82, 2.24) is 0 Å². The van der Waals surface area contributed by atoms with Gasteiger partial charge in [0.1, 0.15) is 0 Å². The molecule has 1 aromatic heterocycles. The van der Waals surface area contributed by atoms with Gasteiger partial charge in [0.25, 0.3) is 0 Å². The van der Waals surface area contributed by atoms with Crippen LogP contribution in [0.25, 0.3) is 85.5 Å². The van der Waals surface area contributed by atoms with Gasteiger partial charge in [-0.1, -0.05) is 164 Å². The maximum absolute atomic E-state index is 2.48. The summed E-state index contributed by atoms with van der Waals surface area (Å²) in [5.74, 6) is 0. The first-order valence-corrected chi connectivity index (χ1v) is 19.3. The molecule has 0 saturated heterocycles. The smallest absolute Gasteiger partial charge is 0.0554 e. The normalized spacial score (nSPS) is 11.7. The molecule has 0 amide bonds. The number of para-hydroxylation sites is 1. The molecule has 2 heteroatoms. The molecular formula is C52H33NS. The first kappa shape index (κ1) is 30.8. The number of benzene rings is 10. The SMILES string of the molecule is c1ccc(-c2ccccc2N(c2ccc(-c3cc4ccc5ccccc5c4c4ccccc34)cc2)c2cccc3ccc4c5ccccc5sc4c23)cc1. The van der Waals surface area contributed by atoms with Crippen LogP contribution in [-0.2, 0) is 0 Å². The molecule has 0 aliphatic carbocycles. The Balaban J connectivity index is 1.15. The van der Waals surface area contributed by atoms with Crippen molar-refractivity contribution in [1.29, 1.82) is 0 Å². The third-order valence-electron chi connectivity index (χ3n) is 11.0. The van der Waals surface area contributed by atoms with E-state index in [4.69, 9.17) is 0 Å². The van der Waals surface area contributed by atoms with Crippen LogP contribution in [0.3, 0.4) is 0 Å². The van der Waals surface area contributed by atoms with Gasteiger partial charge >= 0.3 is 0 Å². The maximum atomic E-state index is 2.48. The van der Waals surface area contributed by atoms with Crippen LogP contribution >= 0.6 is 11.3 Å². The lowest BCUT2D eigenvalue weighted by atomic mass is 9.90. The lowest BCUT2D eigenvalue weighted by Gasteiger charge is -2.29. The molecule has 11 rings (SSSR count). The topological polar surface area (TPSA) is 3.24 Å². The van der Waals surface area contributed by atoms with E-state index in [0.29, 0.717) is 0 Å². The molecule has 11 aromatic rings. The highest BCUT2D eigenvalue weighted by molar-refractivity contribution is 7.26. The first-order valence-electron chi connectivity index (χ1n) is 18.5. The Bertz CT molecular complexity index is 3210. The van der Waals surface area contributed by atoms with Gasteiger partial charge in [-0.15, -0.1) is 11.3 Å². The van der Waals surface area contributed by atoms with Crippen LogP contribution in [-0.4, -0.2) is 0 Å². The van der Waals surface area contributed by atoms with Crippen LogP contribution < -0.4 is 4.90 Å². The average Bonchev–Trinajstić information content (AvgIpc) is 3.63. The molecule has 0 spiro atoms. The van der Waals surface area contributed by atoms with Crippen LogP contribution in [0.4, 0.5) is 17.1 Å². The predicted molar refractivity (Wildman–Crippen MR) is 235 cm³/mol. The van der Waals surface area contributed by atoms with E-state index < -0.39 is 0 Å². The lowest BCUT2D eigenvalue weighted by molar-refractivity contribution is 1.30. The number of hydrogen-bond donors (Lipinski definition) is 0. The van der Waals surface area contributed by atoms with Crippen molar-refractivity contribution >= 4 is 91.7 Å². The largest absolute Gasteiger partial charge is 0.309 e. The fraction of sp³-hybridized carbons (Fsp3) is 0. The molecule has 0 fully saturated rings. The Kier molecular flexibility index (Phi) is 7.11. The van der Waals surface area contributed by atoms with E-state index in [-0.39, 0.29) is 0 Å². The van der Waals surface area contributed by atoms with Gasteiger partial charge in [0.15, 0.2) is 0 Å². The number of anilines is 3. The van der Waals surface area contributed by atoms with Gasteiger partial charge in [0.2, 0.25) is 0 Å². The number of fused-ring (bicyclic) bond motifs is 10. The summed E-state index contributed by atoms with van der Waals surface area (Å²) in [6, 6.07) is 73.4. The predicted octanol–water partition coefficient (Wildman–Crippen LogP) is 15.5. The third kappa shape index (κ3) is 4.85. The van der Waals surface area contributed by atoms with Gasteiger partial charge in [-0.05, 0) is 90.8 Å². The minimum Gasteiger partial charge on any atom is -0.309 e. The molecule has 0 bridgehead atoms. The van der Waals surface area contributed by atoms with Crippen molar-refractivity contribution < 1.29 is 0 Å². The number of rotatable bonds is 5. The second-order valence-electron chi connectivity index (χ2n) is 14.0. The minimum absolute atomic E-state index is 1.11. The maximum Gasteiger partial charge on any atom is 0.0554 e. The Morgan fingerprint density at radius 2 is 0.963 bits per heavy atom.